The van der Waals surface area contributed by atoms with E-state index in [2.05, 4.69) is 11.8 Å². The third kappa shape index (κ3) is 3.80. The number of hydrogen-bond acceptors (Lipinski definition) is 3. The van der Waals surface area contributed by atoms with Crippen LogP contribution in [0.3, 0.4) is 0 Å². The van der Waals surface area contributed by atoms with Gasteiger partial charge in [0.2, 0.25) is 0 Å². The van der Waals surface area contributed by atoms with Crippen molar-refractivity contribution in [1.82, 2.24) is 0 Å². The summed E-state index contributed by atoms with van der Waals surface area (Å²) in [6.07, 6.45) is 0.786. The average Bonchev–Trinajstić information content (AvgIpc) is 2.54. The predicted octanol–water partition coefficient (Wildman–Crippen LogP) is 3.08. The van der Waals surface area contributed by atoms with Crippen LogP contribution in [0.1, 0.15) is 38.8 Å². The molecule has 3 nitrogen and oxygen atoms in total. The van der Waals surface area contributed by atoms with Crippen LogP contribution in [-0.2, 0) is 4.74 Å². The van der Waals surface area contributed by atoms with E-state index in [0.717, 1.165) is 11.8 Å². The van der Waals surface area contributed by atoms with Crippen molar-refractivity contribution in [3.05, 3.63) is 70.8 Å². The normalized spacial score (nSPS) is 9.38. The lowest BCUT2D eigenvalue weighted by Crippen LogP contribution is -2.04. The molecule has 0 aliphatic heterocycles. The van der Waals surface area contributed by atoms with Crippen LogP contribution in [0.4, 0.5) is 0 Å². The smallest absolute Gasteiger partial charge is 0.338 e. The summed E-state index contributed by atoms with van der Waals surface area (Å²) >= 11 is 0. The summed E-state index contributed by atoms with van der Waals surface area (Å²) in [5, 5.41) is 0. The first-order chi connectivity index (χ1) is 10.2. The number of aldehydes is 1. The van der Waals surface area contributed by atoms with Gasteiger partial charge in [-0.2, -0.15) is 0 Å². The summed E-state index contributed by atoms with van der Waals surface area (Å²) < 4.78 is 4.91. The van der Waals surface area contributed by atoms with Crippen LogP contribution in [0.15, 0.2) is 48.5 Å². The molecule has 0 N–H and O–H groups in total. The molecular formula is C18H14O3. The van der Waals surface area contributed by atoms with E-state index in [1.54, 1.807) is 49.4 Å². The van der Waals surface area contributed by atoms with Crippen molar-refractivity contribution in [1.29, 1.82) is 0 Å². The first kappa shape index (κ1) is 14.5. The molecule has 2 aromatic carbocycles. The van der Waals surface area contributed by atoms with Crippen LogP contribution in [-0.4, -0.2) is 18.9 Å². The Morgan fingerprint density at radius 2 is 1.81 bits per heavy atom. The minimum absolute atomic E-state index is 0.344. The van der Waals surface area contributed by atoms with Gasteiger partial charge in [-0.3, -0.25) is 4.79 Å². The van der Waals surface area contributed by atoms with Crippen LogP contribution >= 0.6 is 0 Å². The summed E-state index contributed by atoms with van der Waals surface area (Å²) in [5.41, 5.74) is 2.51. The van der Waals surface area contributed by atoms with Gasteiger partial charge in [-0.25, -0.2) is 4.79 Å². The fourth-order valence-corrected chi connectivity index (χ4v) is 1.76. The molecule has 2 rings (SSSR count). The fraction of sp³-hybridized carbons (Fsp3) is 0.111. The van der Waals surface area contributed by atoms with Gasteiger partial charge in [0.25, 0.3) is 0 Å². The molecule has 2 aromatic rings. The van der Waals surface area contributed by atoms with Crippen LogP contribution in [0.2, 0.25) is 0 Å². The van der Waals surface area contributed by atoms with Gasteiger partial charge < -0.3 is 4.74 Å². The van der Waals surface area contributed by atoms with Gasteiger partial charge in [-0.05, 0) is 37.3 Å². The van der Waals surface area contributed by atoms with Crippen LogP contribution in [0.25, 0.3) is 0 Å². The summed E-state index contributed by atoms with van der Waals surface area (Å²) in [6, 6.07) is 14.0. The fourth-order valence-electron chi connectivity index (χ4n) is 1.76. The highest BCUT2D eigenvalue weighted by Gasteiger charge is 2.04. The highest BCUT2D eigenvalue weighted by Crippen LogP contribution is 2.07. The van der Waals surface area contributed by atoms with Crippen molar-refractivity contribution in [2.75, 3.05) is 6.61 Å². The standard InChI is InChI=1S/C18H14O3/c1-2-21-18(20)16-11-8-14(9-12-16)7-10-15-5-3-4-6-17(15)13-19/h3-6,8-9,11-13H,2H2,1H3. The maximum atomic E-state index is 11.5. The van der Waals surface area contributed by atoms with E-state index in [9.17, 15) is 9.59 Å². The molecule has 0 aromatic heterocycles. The van der Waals surface area contributed by atoms with E-state index in [1.165, 1.54) is 0 Å². The van der Waals surface area contributed by atoms with Gasteiger partial charge in [0.1, 0.15) is 0 Å². The quantitative estimate of drug-likeness (QED) is 0.492. The van der Waals surface area contributed by atoms with Gasteiger partial charge in [-0.15, -0.1) is 0 Å². The molecule has 0 radical (unpaired) electrons. The molecule has 0 spiro atoms. The van der Waals surface area contributed by atoms with Crippen molar-refractivity contribution < 1.29 is 14.3 Å². The van der Waals surface area contributed by atoms with Gasteiger partial charge in [0, 0.05) is 16.7 Å². The number of rotatable bonds is 3. The molecule has 104 valence electrons. The number of benzene rings is 2. The first-order valence-corrected chi connectivity index (χ1v) is 6.58. The lowest BCUT2D eigenvalue weighted by atomic mass is 10.1. The minimum Gasteiger partial charge on any atom is -0.462 e. The molecule has 0 aliphatic rings. The van der Waals surface area contributed by atoms with E-state index >= 15 is 0 Å². The van der Waals surface area contributed by atoms with Gasteiger partial charge in [-0.1, -0.05) is 30.0 Å². The van der Waals surface area contributed by atoms with Gasteiger partial charge in [0.05, 0.1) is 12.2 Å². The Balaban J connectivity index is 2.20. The summed E-state index contributed by atoms with van der Waals surface area (Å²) in [4.78, 5) is 22.4. The zero-order chi connectivity index (χ0) is 15.1. The van der Waals surface area contributed by atoms with Crippen molar-refractivity contribution >= 4 is 12.3 Å². The Morgan fingerprint density at radius 3 is 2.48 bits per heavy atom. The maximum Gasteiger partial charge on any atom is 0.338 e. The van der Waals surface area contributed by atoms with Crippen molar-refractivity contribution in [3.8, 4) is 11.8 Å². The number of hydrogen-bond donors (Lipinski definition) is 0. The summed E-state index contributed by atoms with van der Waals surface area (Å²) in [6.45, 7) is 2.12. The third-order valence-electron chi connectivity index (χ3n) is 2.83. The van der Waals surface area contributed by atoms with E-state index in [1.807, 2.05) is 6.07 Å². The number of carbonyl (C=O) groups excluding carboxylic acids is 2. The van der Waals surface area contributed by atoms with Crippen LogP contribution in [0, 0.1) is 11.8 Å². The Kier molecular flexibility index (Phi) is 4.89. The number of ether oxygens (including phenoxy) is 1. The van der Waals surface area contributed by atoms with E-state index in [-0.39, 0.29) is 5.97 Å². The van der Waals surface area contributed by atoms with E-state index in [4.69, 9.17) is 4.74 Å². The van der Waals surface area contributed by atoms with E-state index in [0.29, 0.717) is 23.3 Å². The van der Waals surface area contributed by atoms with Crippen LogP contribution < -0.4 is 0 Å². The van der Waals surface area contributed by atoms with Crippen LogP contribution in [0.5, 0.6) is 0 Å². The average molecular weight is 278 g/mol. The Hall–Kier alpha value is -2.86. The largest absolute Gasteiger partial charge is 0.462 e. The maximum absolute atomic E-state index is 11.5. The number of carbonyl (C=O) groups is 2. The molecule has 0 aliphatic carbocycles. The highest BCUT2D eigenvalue weighted by molar-refractivity contribution is 5.89. The molecule has 21 heavy (non-hydrogen) atoms. The number of esters is 1. The SMILES string of the molecule is CCOC(=O)c1ccc(C#Cc2ccccc2C=O)cc1. The molecule has 0 fully saturated rings. The Labute approximate surface area is 123 Å². The Morgan fingerprint density at radius 1 is 1.10 bits per heavy atom. The van der Waals surface area contributed by atoms with Gasteiger partial charge >= 0.3 is 5.97 Å². The third-order valence-corrected chi connectivity index (χ3v) is 2.83. The molecule has 0 unspecified atom stereocenters. The Bertz CT molecular complexity index is 703. The molecule has 0 amide bonds. The molecule has 0 heterocycles. The monoisotopic (exact) mass is 278 g/mol. The minimum atomic E-state index is -0.344. The molecular weight excluding hydrogens is 264 g/mol. The topological polar surface area (TPSA) is 43.4 Å². The van der Waals surface area contributed by atoms with E-state index < -0.39 is 0 Å². The lowest BCUT2D eigenvalue weighted by molar-refractivity contribution is 0.0526. The summed E-state index contributed by atoms with van der Waals surface area (Å²) in [5.74, 6) is 5.59. The molecule has 0 bridgehead atoms. The van der Waals surface area contributed by atoms with Crippen molar-refractivity contribution in [2.45, 2.75) is 6.92 Å². The predicted molar refractivity (Wildman–Crippen MR) is 80.2 cm³/mol. The zero-order valence-corrected chi connectivity index (χ0v) is 11.6. The second-order valence-corrected chi connectivity index (χ2v) is 4.25. The van der Waals surface area contributed by atoms with Crippen molar-refractivity contribution in [2.24, 2.45) is 0 Å². The molecule has 0 saturated carbocycles. The molecule has 0 atom stereocenters. The van der Waals surface area contributed by atoms with Crippen molar-refractivity contribution in [3.63, 3.8) is 0 Å². The second kappa shape index (κ2) is 7.06. The summed E-state index contributed by atoms with van der Waals surface area (Å²) in [7, 11) is 0. The molecule has 3 heteroatoms. The van der Waals surface area contributed by atoms with Gasteiger partial charge in [0.15, 0.2) is 6.29 Å². The zero-order valence-electron chi connectivity index (χ0n) is 11.6. The molecule has 0 saturated heterocycles. The first-order valence-electron chi connectivity index (χ1n) is 6.58. The lowest BCUT2D eigenvalue weighted by Gasteiger charge is -2.01. The second-order valence-electron chi connectivity index (χ2n) is 4.25. The highest BCUT2D eigenvalue weighted by atomic mass is 16.5.